The van der Waals surface area contributed by atoms with E-state index in [1.165, 1.54) is 6.42 Å². The topological polar surface area (TPSA) is 52.5 Å². The number of rotatable bonds is 7. The molecular formula is C9H21NO2. The van der Waals surface area contributed by atoms with Crippen LogP contribution in [0.2, 0.25) is 0 Å². The van der Waals surface area contributed by atoms with Gasteiger partial charge in [-0.15, -0.1) is 0 Å². The molecule has 0 aliphatic carbocycles. The van der Waals surface area contributed by atoms with E-state index in [1.54, 1.807) is 0 Å². The molecule has 0 aliphatic heterocycles. The van der Waals surface area contributed by atoms with Crippen molar-refractivity contribution in [1.82, 2.24) is 5.32 Å². The summed E-state index contributed by atoms with van der Waals surface area (Å²) in [6.45, 7) is 5.71. The average Bonchev–Trinajstić information content (AvgIpc) is 2.12. The van der Waals surface area contributed by atoms with Crippen LogP contribution in [0.5, 0.6) is 0 Å². The SMILES string of the molecule is CCCCNCC(C)(CO)CO. The van der Waals surface area contributed by atoms with Crippen LogP contribution >= 0.6 is 0 Å². The molecule has 0 aromatic rings. The highest BCUT2D eigenvalue weighted by Crippen LogP contribution is 2.11. The first-order chi connectivity index (χ1) is 5.68. The molecule has 0 amide bonds. The molecule has 0 aliphatic rings. The number of aliphatic hydroxyl groups is 2. The summed E-state index contributed by atoms with van der Waals surface area (Å²) in [5.74, 6) is 0. The molecule has 0 radical (unpaired) electrons. The highest BCUT2D eigenvalue weighted by Gasteiger charge is 2.21. The van der Waals surface area contributed by atoms with Crippen LogP contribution < -0.4 is 5.32 Å². The van der Waals surface area contributed by atoms with Crippen molar-refractivity contribution >= 4 is 0 Å². The highest BCUT2D eigenvalue weighted by molar-refractivity contribution is 4.74. The lowest BCUT2D eigenvalue weighted by atomic mass is 9.93. The van der Waals surface area contributed by atoms with Crippen molar-refractivity contribution < 1.29 is 10.2 Å². The minimum Gasteiger partial charge on any atom is -0.396 e. The molecule has 0 saturated heterocycles. The van der Waals surface area contributed by atoms with Crippen molar-refractivity contribution in [2.45, 2.75) is 26.7 Å². The van der Waals surface area contributed by atoms with E-state index in [0.29, 0.717) is 6.54 Å². The van der Waals surface area contributed by atoms with Gasteiger partial charge in [-0.25, -0.2) is 0 Å². The number of unbranched alkanes of at least 4 members (excludes halogenated alkanes) is 1. The Bertz CT molecular complexity index is 103. The van der Waals surface area contributed by atoms with E-state index in [0.717, 1.165) is 13.0 Å². The van der Waals surface area contributed by atoms with Gasteiger partial charge in [0.1, 0.15) is 0 Å². The molecule has 3 N–H and O–H groups in total. The summed E-state index contributed by atoms with van der Waals surface area (Å²) >= 11 is 0. The molecule has 74 valence electrons. The van der Waals surface area contributed by atoms with E-state index in [2.05, 4.69) is 12.2 Å². The van der Waals surface area contributed by atoms with Crippen LogP contribution in [-0.4, -0.2) is 36.5 Å². The van der Waals surface area contributed by atoms with Gasteiger partial charge in [0.25, 0.3) is 0 Å². The molecule has 0 fully saturated rings. The maximum absolute atomic E-state index is 8.94. The van der Waals surface area contributed by atoms with Crippen molar-refractivity contribution in [1.29, 1.82) is 0 Å². The summed E-state index contributed by atoms with van der Waals surface area (Å²) in [5.41, 5.74) is -0.367. The van der Waals surface area contributed by atoms with Gasteiger partial charge in [-0.2, -0.15) is 0 Å². The molecule has 0 rings (SSSR count). The van der Waals surface area contributed by atoms with E-state index in [1.807, 2.05) is 6.92 Å². The summed E-state index contributed by atoms with van der Waals surface area (Å²) in [6.07, 6.45) is 2.31. The third kappa shape index (κ3) is 4.70. The molecule has 0 unspecified atom stereocenters. The van der Waals surface area contributed by atoms with Gasteiger partial charge in [0, 0.05) is 12.0 Å². The predicted molar refractivity (Wildman–Crippen MR) is 50.1 cm³/mol. The fourth-order valence-corrected chi connectivity index (χ4v) is 0.854. The minimum absolute atomic E-state index is 0.0304. The maximum Gasteiger partial charge on any atom is 0.0518 e. The Morgan fingerprint density at radius 3 is 2.25 bits per heavy atom. The monoisotopic (exact) mass is 175 g/mol. The first-order valence-electron chi connectivity index (χ1n) is 4.61. The van der Waals surface area contributed by atoms with E-state index in [-0.39, 0.29) is 18.6 Å². The predicted octanol–water partition coefficient (Wildman–Crippen LogP) is 0.367. The summed E-state index contributed by atoms with van der Waals surface area (Å²) in [5, 5.41) is 21.1. The summed E-state index contributed by atoms with van der Waals surface area (Å²) in [6, 6.07) is 0. The van der Waals surface area contributed by atoms with Gasteiger partial charge in [0.05, 0.1) is 13.2 Å². The van der Waals surface area contributed by atoms with Crippen LogP contribution in [0, 0.1) is 5.41 Å². The molecule has 0 aromatic heterocycles. The van der Waals surface area contributed by atoms with Gasteiger partial charge in [0.2, 0.25) is 0 Å². The second-order valence-corrected chi connectivity index (χ2v) is 3.66. The van der Waals surface area contributed by atoms with Gasteiger partial charge in [-0.1, -0.05) is 20.3 Å². The number of hydrogen-bond acceptors (Lipinski definition) is 3. The Kier molecular flexibility index (Phi) is 6.34. The van der Waals surface area contributed by atoms with Crippen molar-refractivity contribution in [2.75, 3.05) is 26.3 Å². The van der Waals surface area contributed by atoms with Crippen LogP contribution in [0.4, 0.5) is 0 Å². The third-order valence-electron chi connectivity index (χ3n) is 2.02. The van der Waals surface area contributed by atoms with Crippen molar-refractivity contribution in [3.63, 3.8) is 0 Å². The zero-order valence-corrected chi connectivity index (χ0v) is 8.14. The Morgan fingerprint density at radius 2 is 1.83 bits per heavy atom. The molecular weight excluding hydrogens is 154 g/mol. The van der Waals surface area contributed by atoms with Crippen LogP contribution in [0.3, 0.4) is 0 Å². The fourth-order valence-electron chi connectivity index (χ4n) is 0.854. The summed E-state index contributed by atoms with van der Waals surface area (Å²) in [4.78, 5) is 0. The second kappa shape index (κ2) is 6.40. The lowest BCUT2D eigenvalue weighted by Gasteiger charge is -2.24. The van der Waals surface area contributed by atoms with E-state index >= 15 is 0 Å². The van der Waals surface area contributed by atoms with Gasteiger partial charge in [-0.3, -0.25) is 0 Å². The zero-order valence-electron chi connectivity index (χ0n) is 8.14. The van der Waals surface area contributed by atoms with E-state index in [9.17, 15) is 0 Å². The number of nitrogens with one attached hydrogen (secondary N) is 1. The summed E-state index contributed by atoms with van der Waals surface area (Å²) < 4.78 is 0. The fraction of sp³-hybridized carbons (Fsp3) is 1.00. The second-order valence-electron chi connectivity index (χ2n) is 3.66. The van der Waals surface area contributed by atoms with Gasteiger partial charge in [-0.05, 0) is 13.0 Å². The van der Waals surface area contributed by atoms with Crippen LogP contribution in [0.15, 0.2) is 0 Å². The molecule has 0 saturated carbocycles. The normalized spacial score (nSPS) is 12.0. The zero-order chi connectivity index (χ0) is 9.45. The molecule has 3 nitrogen and oxygen atoms in total. The van der Waals surface area contributed by atoms with Crippen molar-refractivity contribution in [2.24, 2.45) is 5.41 Å². The first-order valence-corrected chi connectivity index (χ1v) is 4.61. The van der Waals surface area contributed by atoms with Gasteiger partial charge in [0.15, 0.2) is 0 Å². The van der Waals surface area contributed by atoms with Gasteiger partial charge >= 0.3 is 0 Å². The largest absolute Gasteiger partial charge is 0.396 e. The van der Waals surface area contributed by atoms with Crippen LogP contribution in [-0.2, 0) is 0 Å². The lowest BCUT2D eigenvalue weighted by molar-refractivity contribution is 0.0699. The van der Waals surface area contributed by atoms with Gasteiger partial charge < -0.3 is 15.5 Å². The Hall–Kier alpha value is -0.120. The molecule has 0 spiro atoms. The van der Waals surface area contributed by atoms with Crippen molar-refractivity contribution in [3.05, 3.63) is 0 Å². The standard InChI is InChI=1S/C9H21NO2/c1-3-4-5-10-6-9(2,7-11)8-12/h10-12H,3-8H2,1-2H3. The van der Waals surface area contributed by atoms with E-state index < -0.39 is 0 Å². The third-order valence-corrected chi connectivity index (χ3v) is 2.02. The maximum atomic E-state index is 8.94. The molecule has 0 aromatic carbocycles. The molecule has 0 heterocycles. The number of hydrogen-bond donors (Lipinski definition) is 3. The molecule has 0 atom stereocenters. The first kappa shape index (κ1) is 11.9. The molecule has 3 heteroatoms. The lowest BCUT2D eigenvalue weighted by Crippen LogP contribution is -2.38. The molecule has 0 bridgehead atoms. The van der Waals surface area contributed by atoms with Crippen molar-refractivity contribution in [3.8, 4) is 0 Å². The minimum atomic E-state index is -0.367. The number of aliphatic hydroxyl groups excluding tert-OH is 2. The Balaban J connectivity index is 3.45. The average molecular weight is 175 g/mol. The van der Waals surface area contributed by atoms with Crippen LogP contribution in [0.1, 0.15) is 26.7 Å². The quantitative estimate of drug-likeness (QED) is 0.490. The smallest absolute Gasteiger partial charge is 0.0518 e. The van der Waals surface area contributed by atoms with E-state index in [4.69, 9.17) is 10.2 Å². The Labute approximate surface area is 74.8 Å². The summed E-state index contributed by atoms with van der Waals surface area (Å²) in [7, 11) is 0. The Morgan fingerprint density at radius 1 is 1.25 bits per heavy atom. The molecule has 12 heavy (non-hydrogen) atoms. The highest BCUT2D eigenvalue weighted by atomic mass is 16.3. The van der Waals surface area contributed by atoms with Crippen LogP contribution in [0.25, 0.3) is 0 Å².